The molecule has 102 valence electrons. The lowest BCUT2D eigenvalue weighted by Crippen LogP contribution is -2.23. The lowest BCUT2D eigenvalue weighted by molar-refractivity contribution is 0.440. The van der Waals surface area contributed by atoms with Gasteiger partial charge in [0.25, 0.3) is 0 Å². The van der Waals surface area contributed by atoms with Gasteiger partial charge in [-0.15, -0.1) is 0 Å². The molecule has 0 aliphatic rings. The third-order valence-corrected chi connectivity index (χ3v) is 3.80. The smallest absolute Gasteiger partial charge is 0.108 e. The number of aryl methyl sites for hydroxylation is 2. The lowest BCUT2D eigenvalue weighted by Gasteiger charge is -2.23. The van der Waals surface area contributed by atoms with E-state index < -0.39 is 0 Å². The molecule has 3 nitrogen and oxygen atoms in total. The highest BCUT2D eigenvalue weighted by Crippen LogP contribution is 2.25. The highest BCUT2D eigenvalue weighted by molar-refractivity contribution is 5.25. The molecule has 0 bridgehead atoms. The van der Waals surface area contributed by atoms with Gasteiger partial charge in [0, 0.05) is 18.8 Å². The van der Waals surface area contributed by atoms with Crippen LogP contribution in [-0.4, -0.2) is 9.55 Å². The molecule has 1 heterocycles. The van der Waals surface area contributed by atoms with Crippen molar-refractivity contribution in [3.8, 4) is 0 Å². The van der Waals surface area contributed by atoms with E-state index in [1.165, 1.54) is 11.1 Å². The molecule has 2 atom stereocenters. The van der Waals surface area contributed by atoms with Gasteiger partial charge in [-0.3, -0.25) is 0 Å². The van der Waals surface area contributed by atoms with Crippen molar-refractivity contribution in [3.05, 3.63) is 53.6 Å². The van der Waals surface area contributed by atoms with Crippen molar-refractivity contribution in [2.75, 3.05) is 0 Å². The zero-order valence-electron chi connectivity index (χ0n) is 12.0. The van der Waals surface area contributed by atoms with Crippen LogP contribution in [0, 0.1) is 0 Å². The second kappa shape index (κ2) is 6.02. The molecule has 0 radical (unpaired) electrons. The summed E-state index contributed by atoms with van der Waals surface area (Å²) in [4.78, 5) is 4.37. The number of hydrogen-bond donors (Lipinski definition) is 1. The summed E-state index contributed by atoms with van der Waals surface area (Å²) in [5.41, 5.74) is 8.92. The molecule has 0 fully saturated rings. The first kappa shape index (κ1) is 13.8. The van der Waals surface area contributed by atoms with Gasteiger partial charge in [0.1, 0.15) is 5.82 Å². The van der Waals surface area contributed by atoms with E-state index in [1.54, 1.807) is 0 Å². The summed E-state index contributed by atoms with van der Waals surface area (Å²) in [5, 5.41) is 0. The molecule has 19 heavy (non-hydrogen) atoms. The van der Waals surface area contributed by atoms with Crippen LogP contribution in [0.3, 0.4) is 0 Å². The Balaban J connectivity index is 2.20. The minimum absolute atomic E-state index is 0.00888. The Bertz CT molecular complexity index is 513. The molecule has 2 unspecified atom stereocenters. The molecule has 3 heteroatoms. The summed E-state index contributed by atoms with van der Waals surface area (Å²) in [5.74, 6) is 1.09. The molecule has 0 spiro atoms. The van der Waals surface area contributed by atoms with E-state index >= 15 is 0 Å². The molecule has 0 saturated heterocycles. The third-order valence-electron chi connectivity index (χ3n) is 3.80. The fraction of sp³-hybridized carbons (Fsp3) is 0.438. The van der Waals surface area contributed by atoms with Gasteiger partial charge in [0.05, 0.1) is 12.1 Å². The van der Waals surface area contributed by atoms with Crippen LogP contribution < -0.4 is 5.73 Å². The summed E-state index contributed by atoms with van der Waals surface area (Å²) in [6.07, 6.45) is 5.86. The zero-order chi connectivity index (χ0) is 13.8. The number of rotatable bonds is 5. The van der Waals surface area contributed by atoms with E-state index in [0.717, 1.165) is 18.7 Å². The largest absolute Gasteiger partial charge is 0.330 e. The highest BCUT2D eigenvalue weighted by Gasteiger charge is 2.18. The maximum Gasteiger partial charge on any atom is 0.108 e. The molecule has 2 aromatic rings. The monoisotopic (exact) mass is 257 g/mol. The van der Waals surface area contributed by atoms with E-state index in [2.05, 4.69) is 54.6 Å². The normalized spacial score (nSPS) is 14.3. The first-order chi connectivity index (χ1) is 9.17. The molecule has 0 amide bonds. The van der Waals surface area contributed by atoms with Gasteiger partial charge in [-0.05, 0) is 24.5 Å². The predicted octanol–water partition coefficient (Wildman–Crippen LogP) is 3.27. The minimum atomic E-state index is -0.00888. The first-order valence-electron chi connectivity index (χ1n) is 7.03. The molecule has 0 aliphatic heterocycles. The van der Waals surface area contributed by atoms with Crippen molar-refractivity contribution in [1.82, 2.24) is 9.55 Å². The van der Waals surface area contributed by atoms with E-state index in [-0.39, 0.29) is 12.1 Å². The van der Waals surface area contributed by atoms with Crippen LogP contribution in [-0.2, 0) is 12.8 Å². The van der Waals surface area contributed by atoms with Crippen molar-refractivity contribution in [3.63, 3.8) is 0 Å². The van der Waals surface area contributed by atoms with Crippen LogP contribution in [0.4, 0.5) is 0 Å². The Hall–Kier alpha value is -1.61. The Morgan fingerprint density at radius 2 is 1.84 bits per heavy atom. The quantitative estimate of drug-likeness (QED) is 0.893. The first-order valence-corrected chi connectivity index (χ1v) is 7.03. The molecule has 2 N–H and O–H groups in total. The number of hydrogen-bond acceptors (Lipinski definition) is 2. The van der Waals surface area contributed by atoms with Crippen molar-refractivity contribution in [1.29, 1.82) is 0 Å². The minimum Gasteiger partial charge on any atom is -0.330 e. The van der Waals surface area contributed by atoms with Gasteiger partial charge in [0.15, 0.2) is 0 Å². The van der Waals surface area contributed by atoms with Gasteiger partial charge >= 0.3 is 0 Å². The van der Waals surface area contributed by atoms with Crippen LogP contribution in [0.2, 0.25) is 0 Å². The van der Waals surface area contributed by atoms with Crippen molar-refractivity contribution >= 4 is 0 Å². The third kappa shape index (κ3) is 2.87. The molecule has 1 aromatic carbocycles. The van der Waals surface area contributed by atoms with Gasteiger partial charge in [-0.25, -0.2) is 4.98 Å². The van der Waals surface area contributed by atoms with Crippen molar-refractivity contribution < 1.29 is 0 Å². The summed E-state index contributed by atoms with van der Waals surface area (Å²) in [6.45, 7) is 6.43. The maximum absolute atomic E-state index is 6.40. The molecular formula is C16H23N3. The topological polar surface area (TPSA) is 43.8 Å². The van der Waals surface area contributed by atoms with E-state index in [4.69, 9.17) is 5.73 Å². The summed E-state index contributed by atoms with van der Waals surface area (Å²) in [7, 11) is 0. The van der Waals surface area contributed by atoms with Crippen LogP contribution >= 0.6 is 0 Å². The van der Waals surface area contributed by atoms with E-state index in [1.807, 2.05) is 12.4 Å². The fourth-order valence-corrected chi connectivity index (χ4v) is 2.42. The number of benzene rings is 1. The standard InChI is InChI=1S/C16H23N3/c1-4-13-6-8-14(9-7-13)16(17)12(3)19-11-10-18-15(19)5-2/h6-12,16H,4-5,17H2,1-3H3. The second-order valence-corrected chi connectivity index (χ2v) is 4.97. The molecule has 1 aromatic heterocycles. The predicted molar refractivity (Wildman–Crippen MR) is 79.1 cm³/mol. The van der Waals surface area contributed by atoms with E-state index in [0.29, 0.717) is 0 Å². The summed E-state index contributed by atoms with van der Waals surface area (Å²) >= 11 is 0. The van der Waals surface area contributed by atoms with E-state index in [9.17, 15) is 0 Å². The van der Waals surface area contributed by atoms with Crippen molar-refractivity contribution in [2.24, 2.45) is 5.73 Å². The molecule has 0 saturated carbocycles. The van der Waals surface area contributed by atoms with Gasteiger partial charge in [-0.1, -0.05) is 38.1 Å². The Kier molecular flexibility index (Phi) is 4.38. The zero-order valence-corrected chi connectivity index (χ0v) is 12.0. The average Bonchev–Trinajstić information content (AvgIpc) is 2.94. The Labute approximate surface area is 115 Å². The SMILES string of the molecule is CCc1ccc(C(N)C(C)n2ccnc2CC)cc1. The number of nitrogens with two attached hydrogens (primary N) is 1. The van der Waals surface area contributed by atoms with Crippen LogP contribution in [0.15, 0.2) is 36.7 Å². The summed E-state index contributed by atoms with van der Waals surface area (Å²) in [6, 6.07) is 8.81. The second-order valence-electron chi connectivity index (χ2n) is 4.97. The lowest BCUT2D eigenvalue weighted by atomic mass is 9.99. The molecule has 0 aliphatic carbocycles. The number of imidazole rings is 1. The molecular weight excluding hydrogens is 234 g/mol. The van der Waals surface area contributed by atoms with Crippen molar-refractivity contribution in [2.45, 2.75) is 45.7 Å². The van der Waals surface area contributed by atoms with Crippen LogP contribution in [0.25, 0.3) is 0 Å². The summed E-state index contributed by atoms with van der Waals surface area (Å²) < 4.78 is 2.18. The fourth-order valence-electron chi connectivity index (χ4n) is 2.42. The van der Waals surface area contributed by atoms with Gasteiger partial charge in [-0.2, -0.15) is 0 Å². The highest BCUT2D eigenvalue weighted by atomic mass is 15.1. The average molecular weight is 257 g/mol. The Morgan fingerprint density at radius 1 is 1.16 bits per heavy atom. The molecule has 2 rings (SSSR count). The maximum atomic E-state index is 6.40. The Morgan fingerprint density at radius 3 is 2.42 bits per heavy atom. The van der Waals surface area contributed by atoms with Crippen LogP contribution in [0.5, 0.6) is 0 Å². The number of aromatic nitrogens is 2. The van der Waals surface area contributed by atoms with Gasteiger partial charge < -0.3 is 10.3 Å². The van der Waals surface area contributed by atoms with Gasteiger partial charge in [0.2, 0.25) is 0 Å². The van der Waals surface area contributed by atoms with Crippen LogP contribution in [0.1, 0.15) is 49.8 Å². The number of nitrogens with zero attached hydrogens (tertiary/aromatic N) is 2.